The van der Waals surface area contributed by atoms with Gasteiger partial charge < -0.3 is 25.5 Å². The van der Waals surface area contributed by atoms with Crippen LogP contribution in [-0.2, 0) is 0 Å². The molecule has 0 bridgehead atoms. The zero-order valence-electron chi connectivity index (χ0n) is 6.24. The molecule has 1 aliphatic heterocycles. The smallest absolute Gasteiger partial charge is 0.128 e. The summed E-state index contributed by atoms with van der Waals surface area (Å²) in [5, 5.41) is 44.6. The van der Waals surface area contributed by atoms with Crippen LogP contribution in [0.15, 0.2) is 0 Å². The highest BCUT2D eigenvalue weighted by atomic mass is 32.2. The van der Waals surface area contributed by atoms with Crippen molar-refractivity contribution in [1.82, 2.24) is 0 Å². The van der Waals surface area contributed by atoms with Crippen LogP contribution < -0.4 is 0 Å². The van der Waals surface area contributed by atoms with E-state index in [-0.39, 0.29) is 6.61 Å². The maximum atomic E-state index is 9.22. The summed E-state index contributed by atoms with van der Waals surface area (Å²) in [6, 6.07) is 0. The van der Waals surface area contributed by atoms with Crippen LogP contribution in [0.5, 0.6) is 0 Å². The van der Waals surface area contributed by atoms with Gasteiger partial charge in [0, 0.05) is 0 Å². The topological polar surface area (TPSA) is 101 Å². The molecule has 3 unspecified atom stereocenters. The van der Waals surface area contributed by atoms with E-state index in [1.165, 1.54) is 0 Å². The molecular formula is C6H12O5S. The highest BCUT2D eigenvalue weighted by Crippen LogP contribution is 2.30. The Bertz CT molecular complexity index is 150. The molecule has 5 nitrogen and oxygen atoms in total. The van der Waals surface area contributed by atoms with E-state index in [2.05, 4.69) is 0 Å². The van der Waals surface area contributed by atoms with Gasteiger partial charge in [-0.1, -0.05) is 0 Å². The van der Waals surface area contributed by atoms with Gasteiger partial charge in [-0.25, -0.2) is 0 Å². The van der Waals surface area contributed by atoms with E-state index in [1.54, 1.807) is 0 Å². The molecule has 0 aliphatic carbocycles. The lowest BCUT2D eigenvalue weighted by Crippen LogP contribution is -2.53. The molecule has 0 saturated carbocycles. The normalized spacial score (nSPS) is 49.2. The van der Waals surface area contributed by atoms with Crippen molar-refractivity contribution in [2.45, 2.75) is 29.0 Å². The number of aliphatic hydroxyl groups is 5. The third-order valence-corrected chi connectivity index (χ3v) is 3.20. The monoisotopic (exact) mass is 196 g/mol. The first-order valence-corrected chi connectivity index (χ1v) is 4.50. The van der Waals surface area contributed by atoms with Crippen molar-refractivity contribution in [1.29, 1.82) is 0 Å². The van der Waals surface area contributed by atoms with Crippen molar-refractivity contribution < 1.29 is 25.5 Å². The summed E-state index contributed by atoms with van der Waals surface area (Å²) in [6.07, 6.45) is -3.94. The van der Waals surface area contributed by atoms with Crippen molar-refractivity contribution in [3.8, 4) is 0 Å². The fraction of sp³-hybridized carbons (Fsp3) is 1.00. The second-order valence-corrected chi connectivity index (χ2v) is 4.08. The van der Waals surface area contributed by atoms with E-state index < -0.39 is 29.0 Å². The number of hydrogen-bond donors (Lipinski definition) is 5. The van der Waals surface area contributed by atoms with Gasteiger partial charge in [-0.3, -0.25) is 0 Å². The maximum Gasteiger partial charge on any atom is 0.128 e. The molecule has 0 spiro atoms. The first kappa shape index (κ1) is 10.2. The number of hydrogen-bond acceptors (Lipinski definition) is 6. The van der Waals surface area contributed by atoms with Crippen LogP contribution in [0, 0.1) is 0 Å². The average Bonchev–Trinajstić information content (AvgIpc) is 2.08. The summed E-state index contributed by atoms with van der Waals surface area (Å²) in [4.78, 5) is 0. The Morgan fingerprint density at radius 2 is 1.50 bits per heavy atom. The zero-order valence-corrected chi connectivity index (χ0v) is 7.05. The van der Waals surface area contributed by atoms with Gasteiger partial charge in [0.1, 0.15) is 17.6 Å². The minimum Gasteiger partial charge on any atom is -0.395 e. The molecule has 0 aromatic heterocycles. The molecule has 6 heteroatoms. The molecule has 1 saturated heterocycles. The number of rotatable bonds is 1. The molecule has 1 fully saturated rings. The summed E-state index contributed by atoms with van der Waals surface area (Å²) in [5.41, 5.74) is -1.15. The summed E-state index contributed by atoms with van der Waals surface area (Å²) in [7, 11) is 0. The lowest BCUT2D eigenvalue weighted by atomic mass is 10.0. The Morgan fingerprint density at radius 3 is 2.00 bits per heavy atom. The van der Waals surface area contributed by atoms with Gasteiger partial charge in [0.15, 0.2) is 0 Å². The van der Waals surface area contributed by atoms with Crippen LogP contribution in [0.25, 0.3) is 0 Å². The molecule has 12 heavy (non-hydrogen) atoms. The minimum absolute atomic E-state index is 0.341. The molecular weight excluding hydrogens is 184 g/mol. The van der Waals surface area contributed by atoms with E-state index in [0.717, 1.165) is 11.8 Å². The predicted molar refractivity (Wildman–Crippen MR) is 42.5 cm³/mol. The Balaban J connectivity index is 2.63. The highest BCUT2D eigenvalue weighted by molar-refractivity contribution is 8.00. The maximum absolute atomic E-state index is 9.22. The second kappa shape index (κ2) is 3.91. The van der Waals surface area contributed by atoms with Crippen molar-refractivity contribution in [3.05, 3.63) is 0 Å². The molecule has 1 heterocycles. The molecule has 1 rings (SSSR count). The lowest BCUT2D eigenvalue weighted by Gasteiger charge is -2.36. The zero-order chi connectivity index (χ0) is 9.30. The minimum atomic E-state index is -1.39. The first-order chi connectivity index (χ1) is 5.57. The number of thioether (sulfide) groups is 1. The van der Waals surface area contributed by atoms with Crippen LogP contribution in [0.1, 0.15) is 0 Å². The van der Waals surface area contributed by atoms with Crippen LogP contribution in [0.3, 0.4) is 0 Å². The quantitative estimate of drug-likeness (QED) is 0.318. The predicted octanol–water partition coefficient (Wildman–Crippen LogP) is -2.50. The van der Waals surface area contributed by atoms with Gasteiger partial charge in [0.2, 0.25) is 0 Å². The van der Waals surface area contributed by atoms with Crippen molar-refractivity contribution in [2.75, 3.05) is 6.61 Å². The van der Waals surface area contributed by atoms with E-state index in [0.29, 0.717) is 0 Å². The van der Waals surface area contributed by atoms with Crippen molar-refractivity contribution in [2.24, 2.45) is 0 Å². The molecule has 0 aromatic rings. The van der Waals surface area contributed by atoms with Crippen LogP contribution in [0.2, 0.25) is 0 Å². The van der Waals surface area contributed by atoms with E-state index in [1.807, 2.05) is 0 Å². The summed E-state index contributed by atoms with van der Waals surface area (Å²) in [6.45, 7) is -0.341. The molecule has 72 valence electrons. The fourth-order valence-corrected chi connectivity index (χ4v) is 2.17. The van der Waals surface area contributed by atoms with E-state index in [4.69, 9.17) is 20.4 Å². The third-order valence-electron chi connectivity index (χ3n) is 1.87. The molecule has 0 radical (unpaired) electrons. The van der Waals surface area contributed by atoms with Gasteiger partial charge in [-0.05, 0) is 0 Å². The standard InChI is InChI=1S/C6H12O5S/c7-1-2-3(8)4(9)5(10)6(11)12-2/h2-11H,1H2/t2?,3-,4?,5?,6-/m1/s1. The van der Waals surface area contributed by atoms with Crippen LogP contribution >= 0.6 is 11.8 Å². The van der Waals surface area contributed by atoms with Crippen molar-refractivity contribution in [3.63, 3.8) is 0 Å². The van der Waals surface area contributed by atoms with Gasteiger partial charge >= 0.3 is 0 Å². The molecule has 5 atom stereocenters. The first-order valence-electron chi connectivity index (χ1n) is 3.56. The largest absolute Gasteiger partial charge is 0.395 e. The van der Waals surface area contributed by atoms with E-state index in [9.17, 15) is 5.11 Å². The molecule has 1 aliphatic rings. The Labute approximate surface area is 73.7 Å². The highest BCUT2D eigenvalue weighted by Gasteiger charge is 2.42. The summed E-state index contributed by atoms with van der Waals surface area (Å²) < 4.78 is 0. The Morgan fingerprint density at radius 1 is 0.917 bits per heavy atom. The Hall–Kier alpha value is 0.150. The molecule has 0 amide bonds. The summed E-state index contributed by atoms with van der Waals surface area (Å²) >= 11 is 0.852. The number of aliphatic hydroxyl groups excluding tert-OH is 5. The van der Waals surface area contributed by atoms with Gasteiger partial charge in [0.05, 0.1) is 18.0 Å². The SMILES string of the molecule is OCC1S[C@@H](O)C(O)C(O)[C@@H]1O. The second-order valence-electron chi connectivity index (χ2n) is 2.72. The molecule has 0 aromatic carbocycles. The third kappa shape index (κ3) is 1.73. The van der Waals surface area contributed by atoms with Gasteiger partial charge in [0.25, 0.3) is 0 Å². The van der Waals surface area contributed by atoms with Crippen LogP contribution in [0.4, 0.5) is 0 Å². The average molecular weight is 196 g/mol. The van der Waals surface area contributed by atoms with Gasteiger partial charge in [-0.15, -0.1) is 11.8 Å². The van der Waals surface area contributed by atoms with Crippen molar-refractivity contribution >= 4 is 11.8 Å². The van der Waals surface area contributed by atoms with E-state index >= 15 is 0 Å². The Kier molecular flexibility index (Phi) is 3.33. The van der Waals surface area contributed by atoms with Gasteiger partial charge in [-0.2, -0.15) is 0 Å². The summed E-state index contributed by atoms with van der Waals surface area (Å²) in [5.74, 6) is 0. The lowest BCUT2D eigenvalue weighted by molar-refractivity contribution is -0.0953. The molecule has 5 N–H and O–H groups in total. The fourth-order valence-electron chi connectivity index (χ4n) is 1.08. The van der Waals surface area contributed by atoms with Crippen LogP contribution in [-0.4, -0.2) is 61.1 Å².